The summed E-state index contributed by atoms with van der Waals surface area (Å²) in [6, 6.07) is 5.05. The number of rotatable bonds is 6. The van der Waals surface area contributed by atoms with Crippen molar-refractivity contribution in [2.24, 2.45) is 0 Å². The molecule has 4 heteroatoms. The number of hydrogen-bond donors (Lipinski definition) is 1. The summed E-state index contributed by atoms with van der Waals surface area (Å²) in [4.78, 5) is 0. The lowest BCUT2D eigenvalue weighted by molar-refractivity contribution is 0.276. The van der Waals surface area contributed by atoms with E-state index in [4.69, 9.17) is 5.11 Å². The Morgan fingerprint density at radius 1 is 1.32 bits per heavy atom. The number of halogens is 1. The SMILES string of the molecule is CCCCCn1cc(-c2cccc(CO)c2F)cn1. The van der Waals surface area contributed by atoms with Gasteiger partial charge in [-0.25, -0.2) is 4.39 Å². The number of unbranched alkanes of at least 4 members (excludes halogenated alkanes) is 2. The molecular weight excluding hydrogens is 243 g/mol. The molecule has 2 aromatic rings. The summed E-state index contributed by atoms with van der Waals surface area (Å²) in [6.45, 7) is 2.73. The lowest BCUT2D eigenvalue weighted by Gasteiger charge is -2.04. The van der Waals surface area contributed by atoms with Gasteiger partial charge in [0.15, 0.2) is 0 Å². The lowest BCUT2D eigenvalue weighted by atomic mass is 10.1. The molecule has 0 aliphatic heterocycles. The minimum atomic E-state index is -0.363. The maximum atomic E-state index is 14.1. The second kappa shape index (κ2) is 6.48. The first-order chi connectivity index (χ1) is 9.26. The van der Waals surface area contributed by atoms with E-state index in [1.165, 1.54) is 12.8 Å². The van der Waals surface area contributed by atoms with Crippen molar-refractivity contribution in [3.8, 4) is 11.1 Å². The molecule has 0 saturated carbocycles. The molecule has 2 rings (SSSR count). The predicted octanol–water partition coefficient (Wildman–Crippen LogP) is 3.37. The molecule has 3 nitrogen and oxygen atoms in total. The van der Waals surface area contributed by atoms with Gasteiger partial charge in [-0.05, 0) is 6.42 Å². The monoisotopic (exact) mass is 262 g/mol. The van der Waals surface area contributed by atoms with Gasteiger partial charge < -0.3 is 5.11 Å². The van der Waals surface area contributed by atoms with Gasteiger partial charge in [0.2, 0.25) is 0 Å². The Hall–Kier alpha value is -1.68. The van der Waals surface area contributed by atoms with Crippen LogP contribution in [0.25, 0.3) is 11.1 Å². The summed E-state index contributed by atoms with van der Waals surface area (Å²) in [6.07, 6.45) is 6.95. The summed E-state index contributed by atoms with van der Waals surface area (Å²) < 4.78 is 15.9. The average molecular weight is 262 g/mol. The van der Waals surface area contributed by atoms with Gasteiger partial charge in [-0.15, -0.1) is 0 Å². The first kappa shape index (κ1) is 13.7. The molecule has 0 aliphatic carbocycles. The second-order valence-corrected chi connectivity index (χ2v) is 4.64. The van der Waals surface area contributed by atoms with Crippen LogP contribution in [0.4, 0.5) is 4.39 Å². The molecule has 0 radical (unpaired) electrons. The van der Waals surface area contributed by atoms with Gasteiger partial charge >= 0.3 is 0 Å². The minimum absolute atomic E-state index is 0.287. The van der Waals surface area contributed by atoms with Gasteiger partial charge in [0.05, 0.1) is 12.8 Å². The van der Waals surface area contributed by atoms with E-state index in [1.54, 1.807) is 24.4 Å². The van der Waals surface area contributed by atoms with E-state index in [1.807, 2.05) is 10.9 Å². The van der Waals surface area contributed by atoms with Gasteiger partial charge in [0.1, 0.15) is 5.82 Å². The van der Waals surface area contributed by atoms with E-state index in [2.05, 4.69) is 12.0 Å². The number of benzene rings is 1. The summed E-state index contributed by atoms with van der Waals surface area (Å²) in [7, 11) is 0. The van der Waals surface area contributed by atoms with Crippen LogP contribution in [0.15, 0.2) is 30.6 Å². The van der Waals surface area contributed by atoms with E-state index in [0.717, 1.165) is 18.5 Å². The van der Waals surface area contributed by atoms with E-state index in [-0.39, 0.29) is 12.4 Å². The molecule has 0 saturated heterocycles. The maximum Gasteiger partial charge on any atom is 0.136 e. The normalized spacial score (nSPS) is 10.9. The van der Waals surface area contributed by atoms with Gasteiger partial charge in [-0.2, -0.15) is 5.10 Å². The van der Waals surface area contributed by atoms with Crippen molar-refractivity contribution in [2.75, 3.05) is 0 Å². The Kier molecular flexibility index (Phi) is 4.68. The molecule has 1 N–H and O–H groups in total. The number of aromatic nitrogens is 2. The lowest BCUT2D eigenvalue weighted by Crippen LogP contribution is -1.97. The molecule has 0 atom stereocenters. The average Bonchev–Trinajstić information content (AvgIpc) is 2.88. The third-order valence-corrected chi connectivity index (χ3v) is 3.18. The molecule has 0 spiro atoms. The highest BCUT2D eigenvalue weighted by molar-refractivity contribution is 5.63. The number of aliphatic hydroxyl groups excluding tert-OH is 1. The zero-order valence-corrected chi connectivity index (χ0v) is 11.1. The van der Waals surface area contributed by atoms with Gasteiger partial charge in [0, 0.05) is 29.4 Å². The summed E-state index contributed by atoms with van der Waals surface area (Å²) in [5, 5.41) is 13.3. The smallest absolute Gasteiger partial charge is 0.136 e. The van der Waals surface area contributed by atoms with Gasteiger partial charge in [-0.3, -0.25) is 4.68 Å². The van der Waals surface area contributed by atoms with Crippen LogP contribution in [0.2, 0.25) is 0 Å². The second-order valence-electron chi connectivity index (χ2n) is 4.64. The molecule has 0 unspecified atom stereocenters. The van der Waals surface area contributed by atoms with Crippen LogP contribution in [-0.4, -0.2) is 14.9 Å². The van der Waals surface area contributed by atoms with Crippen molar-refractivity contribution in [3.05, 3.63) is 42.0 Å². The van der Waals surface area contributed by atoms with Crippen LogP contribution in [0, 0.1) is 5.82 Å². The standard InChI is InChI=1S/C15H19FN2O/c1-2-3-4-8-18-10-13(9-17-18)14-7-5-6-12(11-19)15(14)16/h5-7,9-10,19H,2-4,8,11H2,1H3. The Balaban J connectivity index is 2.18. The van der Waals surface area contributed by atoms with Crippen LogP contribution in [0.5, 0.6) is 0 Å². The summed E-state index contributed by atoms with van der Waals surface area (Å²) >= 11 is 0. The summed E-state index contributed by atoms with van der Waals surface area (Å²) in [5.74, 6) is -0.363. The first-order valence-electron chi connectivity index (χ1n) is 6.67. The molecule has 1 heterocycles. The Morgan fingerprint density at radius 3 is 2.89 bits per heavy atom. The minimum Gasteiger partial charge on any atom is -0.392 e. The predicted molar refractivity (Wildman–Crippen MR) is 73.1 cm³/mol. The Morgan fingerprint density at radius 2 is 2.16 bits per heavy atom. The van der Waals surface area contributed by atoms with Crippen molar-refractivity contribution < 1.29 is 9.50 Å². The molecule has 0 aliphatic rings. The van der Waals surface area contributed by atoms with Crippen LogP contribution in [0.3, 0.4) is 0 Å². The molecule has 1 aromatic heterocycles. The van der Waals surface area contributed by atoms with Gasteiger partial charge in [0.25, 0.3) is 0 Å². The van der Waals surface area contributed by atoms with Crippen LogP contribution in [0.1, 0.15) is 31.7 Å². The molecule has 1 aromatic carbocycles. The number of nitrogens with zero attached hydrogens (tertiary/aromatic N) is 2. The number of hydrogen-bond acceptors (Lipinski definition) is 2. The van der Waals surface area contributed by atoms with Crippen molar-refractivity contribution in [1.82, 2.24) is 9.78 Å². The third kappa shape index (κ3) is 3.20. The highest BCUT2D eigenvalue weighted by Crippen LogP contribution is 2.24. The fourth-order valence-electron chi connectivity index (χ4n) is 2.07. The van der Waals surface area contributed by atoms with Gasteiger partial charge in [-0.1, -0.05) is 38.0 Å². The highest BCUT2D eigenvalue weighted by atomic mass is 19.1. The molecule has 19 heavy (non-hydrogen) atoms. The zero-order chi connectivity index (χ0) is 13.7. The maximum absolute atomic E-state index is 14.1. The van der Waals surface area contributed by atoms with Crippen LogP contribution < -0.4 is 0 Å². The van der Waals surface area contributed by atoms with Crippen LogP contribution >= 0.6 is 0 Å². The fraction of sp³-hybridized carbons (Fsp3) is 0.400. The van der Waals surface area contributed by atoms with E-state index in [9.17, 15) is 4.39 Å². The Bertz CT molecular complexity index is 537. The fourth-order valence-corrected chi connectivity index (χ4v) is 2.07. The molecular formula is C15H19FN2O. The highest BCUT2D eigenvalue weighted by Gasteiger charge is 2.10. The zero-order valence-electron chi connectivity index (χ0n) is 11.1. The van der Waals surface area contributed by atoms with Crippen LogP contribution in [-0.2, 0) is 13.2 Å². The van der Waals surface area contributed by atoms with Crippen molar-refractivity contribution in [3.63, 3.8) is 0 Å². The molecule has 102 valence electrons. The number of aliphatic hydroxyl groups is 1. The van der Waals surface area contributed by atoms with Crippen molar-refractivity contribution >= 4 is 0 Å². The van der Waals surface area contributed by atoms with E-state index >= 15 is 0 Å². The number of aryl methyl sites for hydroxylation is 1. The molecule has 0 amide bonds. The summed E-state index contributed by atoms with van der Waals surface area (Å²) in [5.41, 5.74) is 1.56. The van der Waals surface area contributed by atoms with Crippen molar-refractivity contribution in [1.29, 1.82) is 0 Å². The first-order valence-corrected chi connectivity index (χ1v) is 6.67. The Labute approximate surface area is 112 Å². The molecule has 0 fully saturated rings. The largest absolute Gasteiger partial charge is 0.392 e. The topological polar surface area (TPSA) is 38.0 Å². The third-order valence-electron chi connectivity index (χ3n) is 3.18. The molecule has 0 bridgehead atoms. The van der Waals surface area contributed by atoms with Crippen molar-refractivity contribution in [2.45, 2.75) is 39.3 Å². The quantitative estimate of drug-likeness (QED) is 0.810. The van der Waals surface area contributed by atoms with E-state index < -0.39 is 0 Å². The van der Waals surface area contributed by atoms with E-state index in [0.29, 0.717) is 11.1 Å².